The Hall–Kier alpha value is -1.22. The third kappa shape index (κ3) is 5.69. The summed E-state index contributed by atoms with van der Waals surface area (Å²) in [5, 5.41) is 10.3. The van der Waals surface area contributed by atoms with Gasteiger partial charge in [0.1, 0.15) is 16.9 Å². The number of hydrogen-bond acceptors (Lipinski definition) is 4. The maximum Gasteiger partial charge on any atom is 0.286 e. The number of ether oxygens (including phenoxy) is 1. The molecule has 156 valence electrons. The van der Waals surface area contributed by atoms with Crippen LogP contribution in [0.15, 0.2) is 70.2 Å². The molecular weight excluding hydrogens is 497 g/mol. The van der Waals surface area contributed by atoms with Crippen molar-refractivity contribution in [2.24, 2.45) is 0 Å². The Labute approximate surface area is 190 Å². The van der Waals surface area contributed by atoms with E-state index in [1.54, 1.807) is 0 Å². The number of aliphatic hydroxyl groups is 1. The summed E-state index contributed by atoms with van der Waals surface area (Å²) in [6.07, 6.45) is 1.22. The molecule has 3 rings (SSSR count). The summed E-state index contributed by atoms with van der Waals surface area (Å²) >= 11 is 0.850. The zero-order valence-electron chi connectivity index (χ0n) is 17.0. The van der Waals surface area contributed by atoms with E-state index in [-0.39, 0.29) is 18.1 Å². The second-order valence-electron chi connectivity index (χ2n) is 8.18. The Bertz CT molecular complexity index is 823. The molecule has 0 fully saturated rings. The topological polar surface area (TPSA) is 55.8 Å². The van der Waals surface area contributed by atoms with E-state index < -0.39 is 16.1 Å². The predicted molar refractivity (Wildman–Crippen MR) is 127 cm³/mol. The van der Waals surface area contributed by atoms with Crippen LogP contribution >= 0.6 is 22.6 Å². The van der Waals surface area contributed by atoms with Crippen molar-refractivity contribution in [3.8, 4) is 0 Å². The van der Waals surface area contributed by atoms with Gasteiger partial charge in [0.05, 0.1) is 10.1 Å². The average Bonchev–Trinajstić information content (AvgIpc) is 2.70. The van der Waals surface area contributed by atoms with Crippen molar-refractivity contribution in [1.82, 2.24) is 4.31 Å². The maximum atomic E-state index is 13.7. The van der Waals surface area contributed by atoms with E-state index in [4.69, 9.17) is 4.74 Å². The van der Waals surface area contributed by atoms with Crippen molar-refractivity contribution in [1.29, 1.82) is 0 Å². The van der Waals surface area contributed by atoms with Crippen LogP contribution in [0.4, 0.5) is 0 Å². The molecule has 0 amide bonds. The molecule has 2 aromatic carbocycles. The molecule has 6 heteroatoms. The van der Waals surface area contributed by atoms with Crippen molar-refractivity contribution < 1.29 is 14.4 Å². The van der Waals surface area contributed by atoms with Crippen molar-refractivity contribution in [2.45, 2.75) is 57.1 Å². The molecule has 0 spiro atoms. The van der Waals surface area contributed by atoms with Gasteiger partial charge >= 0.3 is 0 Å². The number of aliphatic hydroxyl groups excluding tert-OH is 1. The van der Waals surface area contributed by atoms with E-state index in [9.17, 15) is 9.66 Å². The zero-order chi connectivity index (χ0) is 21.0. The largest absolute Gasteiger partial charge is 0.597 e. The monoisotopic (exact) mass is 525 g/mol. The molecule has 1 aliphatic heterocycles. The Kier molecular flexibility index (Phi) is 7.53. The smallest absolute Gasteiger partial charge is 0.286 e. The standard InChI is InChI=1S/C23H28INO3S/c1-23(2,3)29(27)25(16-17-10-6-4-7-11-17)21(18-12-8-5-9-13-18)20-15-14-19(24)22(26)28-20/h4-13,20-21,26H,14-16H2,1-3H3/t20-,21+,29+/m0/s1. The molecule has 29 heavy (non-hydrogen) atoms. The lowest BCUT2D eigenvalue weighted by Crippen LogP contribution is -2.48. The van der Waals surface area contributed by atoms with Crippen molar-refractivity contribution in [3.63, 3.8) is 0 Å². The highest BCUT2D eigenvalue weighted by Crippen LogP contribution is 2.40. The van der Waals surface area contributed by atoms with Crippen molar-refractivity contribution >= 4 is 34.0 Å². The highest BCUT2D eigenvalue weighted by atomic mass is 127. The summed E-state index contributed by atoms with van der Waals surface area (Å²) in [5.41, 5.74) is 2.13. The Morgan fingerprint density at radius 3 is 2.28 bits per heavy atom. The van der Waals surface area contributed by atoms with Crippen LogP contribution in [0, 0.1) is 0 Å². The fourth-order valence-electron chi connectivity index (χ4n) is 3.46. The van der Waals surface area contributed by atoms with Gasteiger partial charge in [-0.3, -0.25) is 0 Å². The second kappa shape index (κ2) is 9.73. The van der Waals surface area contributed by atoms with Gasteiger partial charge in [-0.15, -0.1) is 4.31 Å². The van der Waals surface area contributed by atoms with Crippen LogP contribution in [0.5, 0.6) is 0 Å². The van der Waals surface area contributed by atoms with Gasteiger partial charge in [0.15, 0.2) is 0 Å². The molecule has 0 radical (unpaired) electrons. The van der Waals surface area contributed by atoms with Gasteiger partial charge in [-0.05, 0) is 67.3 Å². The fraction of sp³-hybridized carbons (Fsp3) is 0.391. The SMILES string of the molecule is CC(C)(C)[S@@+]([O-])N(Cc1ccccc1)[C@H](c1ccccc1)[C@@H]1CCC(I)=C(O)O1. The molecule has 0 aromatic heterocycles. The molecule has 0 aliphatic carbocycles. The third-order valence-corrected chi connectivity index (χ3v) is 7.70. The predicted octanol–water partition coefficient (Wildman–Crippen LogP) is 6.03. The van der Waals surface area contributed by atoms with Crippen molar-refractivity contribution in [3.05, 3.63) is 81.3 Å². The van der Waals surface area contributed by atoms with Gasteiger partial charge in [0.25, 0.3) is 5.95 Å². The quantitative estimate of drug-likeness (QED) is 0.370. The first-order chi connectivity index (χ1) is 13.8. The summed E-state index contributed by atoms with van der Waals surface area (Å²) < 4.78 is 22.1. The molecule has 4 nitrogen and oxygen atoms in total. The van der Waals surface area contributed by atoms with E-state index in [1.807, 2.05) is 73.6 Å². The Morgan fingerprint density at radius 2 is 1.72 bits per heavy atom. The maximum absolute atomic E-state index is 13.7. The van der Waals surface area contributed by atoms with E-state index in [2.05, 4.69) is 34.7 Å². The molecular formula is C23H28INO3S. The summed E-state index contributed by atoms with van der Waals surface area (Å²) in [4.78, 5) is 0. The summed E-state index contributed by atoms with van der Waals surface area (Å²) in [5.74, 6) is -0.0102. The van der Waals surface area contributed by atoms with E-state index in [0.717, 1.165) is 27.5 Å². The first-order valence-electron chi connectivity index (χ1n) is 9.79. The second-order valence-corrected chi connectivity index (χ2v) is 11.7. The van der Waals surface area contributed by atoms with E-state index in [0.29, 0.717) is 6.54 Å². The molecule has 0 saturated heterocycles. The highest BCUT2D eigenvalue weighted by Gasteiger charge is 2.43. The number of nitrogens with zero attached hydrogens (tertiary/aromatic N) is 1. The van der Waals surface area contributed by atoms with Gasteiger partial charge < -0.3 is 14.4 Å². The molecule has 1 aliphatic rings. The van der Waals surface area contributed by atoms with Crippen LogP contribution in [-0.4, -0.2) is 24.8 Å². The zero-order valence-corrected chi connectivity index (χ0v) is 20.0. The van der Waals surface area contributed by atoms with Gasteiger partial charge in [-0.1, -0.05) is 60.7 Å². The number of allylic oxidation sites excluding steroid dienone is 1. The molecule has 2 aromatic rings. The first kappa shape index (κ1) is 22.5. The third-order valence-electron chi connectivity index (χ3n) is 4.87. The number of rotatable bonds is 6. The van der Waals surface area contributed by atoms with Crippen LogP contribution in [0.1, 0.15) is 50.8 Å². The van der Waals surface area contributed by atoms with E-state index in [1.165, 1.54) is 0 Å². The molecule has 3 atom stereocenters. The van der Waals surface area contributed by atoms with E-state index >= 15 is 0 Å². The average molecular weight is 525 g/mol. The number of benzene rings is 2. The molecule has 1 N–H and O–H groups in total. The minimum atomic E-state index is -1.27. The molecule has 1 heterocycles. The molecule has 0 saturated carbocycles. The number of halogens is 1. The fourth-order valence-corrected chi connectivity index (χ4v) is 5.33. The summed E-state index contributed by atoms with van der Waals surface area (Å²) in [6, 6.07) is 19.9. The summed E-state index contributed by atoms with van der Waals surface area (Å²) in [6.45, 7) is 6.51. The minimum absolute atomic E-state index is 0.0102. The minimum Gasteiger partial charge on any atom is -0.597 e. The van der Waals surface area contributed by atoms with Crippen LogP contribution < -0.4 is 0 Å². The van der Waals surface area contributed by atoms with Crippen LogP contribution in [0.3, 0.4) is 0 Å². The highest BCUT2D eigenvalue weighted by molar-refractivity contribution is 14.1. The summed E-state index contributed by atoms with van der Waals surface area (Å²) in [7, 11) is 0. The molecule has 0 bridgehead atoms. The van der Waals surface area contributed by atoms with Gasteiger partial charge in [-0.25, -0.2) is 0 Å². The lowest BCUT2D eigenvalue weighted by atomic mass is 9.96. The van der Waals surface area contributed by atoms with Gasteiger partial charge in [-0.2, -0.15) is 0 Å². The molecule has 0 unspecified atom stereocenters. The normalized spacial score (nSPS) is 19.7. The lowest BCUT2D eigenvalue weighted by Gasteiger charge is -2.41. The van der Waals surface area contributed by atoms with Crippen molar-refractivity contribution in [2.75, 3.05) is 0 Å². The van der Waals surface area contributed by atoms with Gasteiger partial charge in [0, 0.05) is 11.4 Å². The lowest BCUT2D eigenvalue weighted by molar-refractivity contribution is -0.0232. The van der Waals surface area contributed by atoms with Crippen LogP contribution in [0.2, 0.25) is 0 Å². The Morgan fingerprint density at radius 1 is 1.14 bits per heavy atom. The van der Waals surface area contributed by atoms with Gasteiger partial charge in [0.2, 0.25) is 0 Å². The first-order valence-corrected chi connectivity index (χ1v) is 12.0. The van der Waals surface area contributed by atoms with Crippen LogP contribution in [-0.2, 0) is 22.6 Å². The van der Waals surface area contributed by atoms with Crippen LogP contribution in [0.25, 0.3) is 0 Å². The Balaban J connectivity index is 2.04. The number of hydrogen-bond donors (Lipinski definition) is 1.